The van der Waals surface area contributed by atoms with E-state index in [2.05, 4.69) is 0 Å². The molecule has 2 aromatic carbocycles. The van der Waals surface area contributed by atoms with Crippen LogP contribution in [0.1, 0.15) is 20.7 Å². The molecule has 0 aliphatic heterocycles. The first kappa shape index (κ1) is 24.5. The predicted octanol–water partition coefficient (Wildman–Crippen LogP) is 0.242. The number of hydrogen-bond donors (Lipinski definition) is 3. The van der Waals surface area contributed by atoms with Crippen molar-refractivity contribution >= 4 is 43.2 Å². The minimum atomic E-state index is -3.67. The Hall–Kier alpha value is -3.52. The SMILES string of the molecule is CS(=O)(=O)NC(=O)c1cccc(N)c1.CS(=O)(=O)NC(=O)c1cccc([N+](=O)[O-])c1. The van der Waals surface area contributed by atoms with Crippen LogP contribution < -0.4 is 15.2 Å². The van der Waals surface area contributed by atoms with Crippen LogP contribution >= 0.6 is 0 Å². The molecule has 12 nitrogen and oxygen atoms in total. The predicted molar refractivity (Wildman–Crippen MR) is 109 cm³/mol. The van der Waals surface area contributed by atoms with Gasteiger partial charge in [0, 0.05) is 28.9 Å². The average Bonchev–Trinajstić information content (AvgIpc) is 2.59. The summed E-state index contributed by atoms with van der Waals surface area (Å²) in [6, 6.07) is 10.9. The monoisotopic (exact) mass is 458 g/mol. The molecular formula is C16H18N4O8S2. The highest BCUT2D eigenvalue weighted by Crippen LogP contribution is 2.13. The third-order valence-corrected chi connectivity index (χ3v) is 4.14. The van der Waals surface area contributed by atoms with Gasteiger partial charge in [0.2, 0.25) is 20.0 Å². The van der Waals surface area contributed by atoms with E-state index in [1.165, 1.54) is 30.3 Å². The number of rotatable bonds is 5. The van der Waals surface area contributed by atoms with Gasteiger partial charge < -0.3 is 5.73 Å². The van der Waals surface area contributed by atoms with Gasteiger partial charge in [0.15, 0.2) is 0 Å². The van der Waals surface area contributed by atoms with Gasteiger partial charge in [0.1, 0.15) is 0 Å². The summed E-state index contributed by atoms with van der Waals surface area (Å²) in [6.45, 7) is 0. The number of benzene rings is 2. The molecule has 0 unspecified atom stereocenters. The van der Waals surface area contributed by atoms with Gasteiger partial charge in [-0.3, -0.25) is 19.7 Å². The van der Waals surface area contributed by atoms with Crippen LogP contribution in [-0.4, -0.2) is 46.1 Å². The molecule has 0 saturated heterocycles. The van der Waals surface area contributed by atoms with E-state index < -0.39 is 36.8 Å². The summed E-state index contributed by atoms with van der Waals surface area (Å²) in [7, 11) is -7.20. The molecule has 0 bridgehead atoms. The molecule has 0 aliphatic rings. The lowest BCUT2D eigenvalue weighted by Crippen LogP contribution is -2.29. The van der Waals surface area contributed by atoms with Gasteiger partial charge in [-0.2, -0.15) is 0 Å². The maximum Gasteiger partial charge on any atom is 0.270 e. The van der Waals surface area contributed by atoms with Crippen molar-refractivity contribution in [3.05, 3.63) is 69.8 Å². The van der Waals surface area contributed by atoms with E-state index in [0.717, 1.165) is 18.6 Å². The van der Waals surface area contributed by atoms with Gasteiger partial charge in [-0.15, -0.1) is 0 Å². The van der Waals surface area contributed by atoms with Crippen LogP contribution in [-0.2, 0) is 20.0 Å². The lowest BCUT2D eigenvalue weighted by molar-refractivity contribution is -0.384. The van der Waals surface area contributed by atoms with Crippen LogP contribution in [0.25, 0.3) is 0 Å². The van der Waals surface area contributed by atoms with Crippen molar-refractivity contribution in [1.29, 1.82) is 0 Å². The van der Waals surface area contributed by atoms with Crippen molar-refractivity contribution in [3.8, 4) is 0 Å². The Morgan fingerprint density at radius 2 is 1.30 bits per heavy atom. The molecule has 162 valence electrons. The van der Waals surface area contributed by atoms with Gasteiger partial charge in [0.25, 0.3) is 17.5 Å². The van der Waals surface area contributed by atoms with E-state index in [4.69, 9.17) is 5.73 Å². The van der Waals surface area contributed by atoms with E-state index in [1.807, 2.05) is 4.72 Å². The Kier molecular flexibility index (Phi) is 8.01. The zero-order valence-electron chi connectivity index (χ0n) is 15.7. The highest BCUT2D eigenvalue weighted by atomic mass is 32.2. The van der Waals surface area contributed by atoms with Crippen molar-refractivity contribution in [2.24, 2.45) is 0 Å². The quantitative estimate of drug-likeness (QED) is 0.319. The minimum Gasteiger partial charge on any atom is -0.399 e. The van der Waals surface area contributed by atoms with Crippen molar-refractivity contribution in [1.82, 2.24) is 9.44 Å². The average molecular weight is 458 g/mol. The molecule has 0 atom stereocenters. The zero-order valence-corrected chi connectivity index (χ0v) is 17.4. The van der Waals surface area contributed by atoms with E-state index in [9.17, 15) is 36.5 Å². The smallest absolute Gasteiger partial charge is 0.270 e. The second kappa shape index (κ2) is 9.80. The summed E-state index contributed by atoms with van der Waals surface area (Å²) >= 11 is 0. The van der Waals surface area contributed by atoms with Crippen LogP contribution in [0.3, 0.4) is 0 Å². The number of nitrogens with one attached hydrogen (secondary N) is 2. The lowest BCUT2D eigenvalue weighted by atomic mass is 10.2. The Morgan fingerprint density at radius 1 is 0.867 bits per heavy atom. The summed E-state index contributed by atoms with van der Waals surface area (Å²) in [5, 5.41) is 10.4. The highest BCUT2D eigenvalue weighted by molar-refractivity contribution is 7.89. The van der Waals surface area contributed by atoms with Crippen LogP contribution in [0.5, 0.6) is 0 Å². The summed E-state index contributed by atoms with van der Waals surface area (Å²) in [6.07, 6.45) is 1.74. The van der Waals surface area contributed by atoms with Crippen LogP contribution in [0.4, 0.5) is 11.4 Å². The van der Waals surface area contributed by atoms with Gasteiger partial charge in [-0.05, 0) is 24.3 Å². The number of hydrogen-bond acceptors (Lipinski definition) is 9. The van der Waals surface area contributed by atoms with E-state index >= 15 is 0 Å². The largest absolute Gasteiger partial charge is 0.399 e. The minimum absolute atomic E-state index is 0.0837. The van der Waals surface area contributed by atoms with Crippen LogP contribution in [0, 0.1) is 10.1 Å². The zero-order chi connectivity index (χ0) is 23.1. The maximum atomic E-state index is 11.3. The lowest BCUT2D eigenvalue weighted by Gasteiger charge is -2.02. The first-order chi connectivity index (χ1) is 13.7. The first-order valence-electron chi connectivity index (χ1n) is 7.82. The number of nitro groups is 1. The Balaban J connectivity index is 0.000000303. The van der Waals surface area contributed by atoms with E-state index in [-0.39, 0.29) is 16.8 Å². The molecule has 0 fully saturated rings. The summed E-state index contributed by atoms with van der Waals surface area (Å²) < 4.78 is 46.6. The Morgan fingerprint density at radius 3 is 1.70 bits per heavy atom. The molecule has 14 heteroatoms. The number of nitrogen functional groups attached to an aromatic ring is 1. The first-order valence-corrected chi connectivity index (χ1v) is 11.6. The van der Waals surface area contributed by atoms with Gasteiger partial charge in [0.05, 0.1) is 17.4 Å². The summed E-state index contributed by atoms with van der Waals surface area (Å²) in [5.41, 5.74) is 5.70. The molecular weight excluding hydrogens is 440 g/mol. The number of nitro benzene ring substituents is 1. The summed E-state index contributed by atoms with van der Waals surface area (Å²) in [5.74, 6) is -1.58. The standard InChI is InChI=1S/C8H8N2O5S.C8H10N2O3S/c1-16(14,15)9-8(11)6-3-2-4-7(5-6)10(12)13;1-14(12,13)10-8(11)6-3-2-4-7(9)5-6/h2-5H,1H3,(H,9,11);2-5H,9H2,1H3,(H,10,11). The number of anilines is 1. The summed E-state index contributed by atoms with van der Waals surface area (Å²) in [4.78, 5) is 32.3. The molecule has 2 aromatic rings. The number of sulfonamides is 2. The van der Waals surface area contributed by atoms with E-state index in [0.29, 0.717) is 5.69 Å². The third-order valence-electron chi connectivity index (χ3n) is 3.02. The fraction of sp³-hybridized carbons (Fsp3) is 0.125. The molecule has 0 aliphatic carbocycles. The van der Waals surface area contributed by atoms with Crippen LogP contribution in [0.15, 0.2) is 48.5 Å². The molecule has 0 spiro atoms. The number of nitrogens with two attached hydrogens (primary N) is 1. The topological polar surface area (TPSA) is 196 Å². The molecule has 0 saturated carbocycles. The number of carbonyl (C=O) groups excluding carboxylic acids is 2. The Labute approximate surface area is 172 Å². The van der Waals surface area contributed by atoms with E-state index in [1.54, 1.807) is 16.9 Å². The van der Waals surface area contributed by atoms with Crippen molar-refractivity contribution in [3.63, 3.8) is 0 Å². The Bertz CT molecular complexity index is 1180. The third kappa shape index (κ3) is 9.11. The number of amides is 2. The van der Waals surface area contributed by atoms with Crippen molar-refractivity contribution in [2.45, 2.75) is 0 Å². The molecule has 4 N–H and O–H groups in total. The number of nitrogens with zero attached hydrogens (tertiary/aromatic N) is 1. The number of non-ortho nitro benzene ring substituents is 1. The highest BCUT2D eigenvalue weighted by Gasteiger charge is 2.14. The molecule has 0 heterocycles. The molecule has 0 radical (unpaired) electrons. The fourth-order valence-electron chi connectivity index (χ4n) is 1.90. The van der Waals surface area contributed by atoms with Crippen LogP contribution in [0.2, 0.25) is 0 Å². The maximum absolute atomic E-state index is 11.3. The van der Waals surface area contributed by atoms with Gasteiger partial charge in [-0.25, -0.2) is 26.3 Å². The molecule has 0 aromatic heterocycles. The molecule has 30 heavy (non-hydrogen) atoms. The molecule has 2 rings (SSSR count). The van der Waals surface area contributed by atoms with Gasteiger partial charge in [-0.1, -0.05) is 12.1 Å². The van der Waals surface area contributed by atoms with Gasteiger partial charge >= 0.3 is 0 Å². The fourth-order valence-corrected chi connectivity index (χ4v) is 2.80. The van der Waals surface area contributed by atoms with Crippen molar-refractivity contribution < 1.29 is 31.3 Å². The van der Waals surface area contributed by atoms with Crippen molar-refractivity contribution in [2.75, 3.05) is 18.2 Å². The second-order valence-corrected chi connectivity index (χ2v) is 9.34. The normalized spacial score (nSPS) is 10.9. The molecule has 2 amide bonds. The second-order valence-electron chi connectivity index (χ2n) is 5.84. The number of carbonyl (C=O) groups is 2.